The van der Waals surface area contributed by atoms with Crippen LogP contribution in [0.2, 0.25) is 0 Å². The zero-order valence-electron chi connectivity index (χ0n) is 17.7. The predicted octanol–water partition coefficient (Wildman–Crippen LogP) is 6.24. The van der Waals surface area contributed by atoms with E-state index in [4.69, 9.17) is 9.97 Å². The Kier molecular flexibility index (Phi) is 4.59. The summed E-state index contributed by atoms with van der Waals surface area (Å²) in [5.74, 6) is 0. The molecular formula is C27H18N4OS. The summed E-state index contributed by atoms with van der Waals surface area (Å²) in [5, 5.41) is 1.04. The molecule has 0 bridgehead atoms. The summed E-state index contributed by atoms with van der Waals surface area (Å²) in [4.78, 5) is 32.1. The lowest BCUT2D eigenvalue weighted by atomic mass is 10.0. The quantitative estimate of drug-likeness (QED) is 0.349. The van der Waals surface area contributed by atoms with Gasteiger partial charge in [-0.2, -0.15) is 0 Å². The normalized spacial score (nSPS) is 11.3. The summed E-state index contributed by atoms with van der Waals surface area (Å²) in [6.07, 6.45) is 1.79. The van der Waals surface area contributed by atoms with Crippen molar-refractivity contribution in [3.63, 3.8) is 0 Å². The number of nitrogens with one attached hydrogen (secondary N) is 1. The van der Waals surface area contributed by atoms with E-state index in [1.165, 1.54) is 4.88 Å². The van der Waals surface area contributed by atoms with Gasteiger partial charge in [0.1, 0.15) is 11.2 Å². The van der Waals surface area contributed by atoms with E-state index in [-0.39, 0.29) is 5.56 Å². The second-order valence-corrected chi connectivity index (χ2v) is 9.14. The van der Waals surface area contributed by atoms with Gasteiger partial charge in [-0.15, -0.1) is 11.3 Å². The lowest BCUT2D eigenvalue weighted by Crippen LogP contribution is -2.08. The van der Waals surface area contributed by atoms with Gasteiger partial charge >= 0.3 is 0 Å². The second kappa shape index (κ2) is 7.76. The Hall–Kier alpha value is -4.16. The molecule has 0 amide bonds. The van der Waals surface area contributed by atoms with Crippen molar-refractivity contribution < 1.29 is 0 Å². The highest BCUT2D eigenvalue weighted by Crippen LogP contribution is 2.36. The van der Waals surface area contributed by atoms with Crippen molar-refractivity contribution in [2.75, 3.05) is 0 Å². The highest BCUT2D eigenvalue weighted by atomic mass is 32.1. The van der Waals surface area contributed by atoms with Crippen LogP contribution in [0.1, 0.15) is 4.88 Å². The largest absolute Gasteiger partial charge is 0.305 e. The molecule has 0 aliphatic carbocycles. The van der Waals surface area contributed by atoms with Crippen molar-refractivity contribution in [2.24, 2.45) is 0 Å². The van der Waals surface area contributed by atoms with E-state index in [1.807, 2.05) is 54.6 Å². The molecule has 4 heterocycles. The van der Waals surface area contributed by atoms with E-state index in [1.54, 1.807) is 23.6 Å². The molecule has 0 saturated heterocycles. The number of fused-ring (bicyclic) bond motifs is 2. The molecule has 6 heteroatoms. The van der Waals surface area contributed by atoms with Crippen molar-refractivity contribution >= 4 is 33.4 Å². The first-order valence-corrected chi connectivity index (χ1v) is 11.4. The van der Waals surface area contributed by atoms with Gasteiger partial charge in [-0.05, 0) is 42.8 Å². The highest BCUT2D eigenvalue weighted by molar-refractivity contribution is 7.15. The predicted molar refractivity (Wildman–Crippen MR) is 134 cm³/mol. The Bertz CT molecular complexity index is 1700. The molecule has 2 aromatic carbocycles. The van der Waals surface area contributed by atoms with Crippen LogP contribution in [0, 0.1) is 6.92 Å². The molecule has 0 aliphatic rings. The number of nitrogens with zero attached hydrogens (tertiary/aromatic N) is 3. The van der Waals surface area contributed by atoms with Crippen LogP contribution in [0.25, 0.3) is 55.0 Å². The number of hydrogen-bond donors (Lipinski definition) is 1. The highest BCUT2D eigenvalue weighted by Gasteiger charge is 2.18. The lowest BCUT2D eigenvalue weighted by Gasteiger charge is -2.12. The molecule has 0 spiro atoms. The maximum atomic E-state index is 12.5. The Morgan fingerprint density at radius 2 is 1.70 bits per heavy atom. The fourth-order valence-corrected chi connectivity index (χ4v) is 4.92. The van der Waals surface area contributed by atoms with Crippen molar-refractivity contribution in [1.82, 2.24) is 19.9 Å². The van der Waals surface area contributed by atoms with E-state index >= 15 is 0 Å². The Morgan fingerprint density at radius 1 is 0.818 bits per heavy atom. The first-order valence-electron chi connectivity index (χ1n) is 10.6. The summed E-state index contributed by atoms with van der Waals surface area (Å²) in [6, 6.07) is 25.6. The number of H-pyrrole nitrogens is 1. The summed E-state index contributed by atoms with van der Waals surface area (Å²) in [7, 11) is 0. The number of pyridine rings is 2. The van der Waals surface area contributed by atoms with Crippen molar-refractivity contribution in [3.05, 3.63) is 100 Å². The minimum absolute atomic E-state index is 0.200. The Labute approximate surface area is 193 Å². The number of hydrogen-bond acceptors (Lipinski definition) is 5. The van der Waals surface area contributed by atoms with E-state index in [2.05, 4.69) is 35.1 Å². The van der Waals surface area contributed by atoms with Gasteiger partial charge in [-0.3, -0.25) is 9.78 Å². The zero-order valence-corrected chi connectivity index (χ0v) is 18.6. The van der Waals surface area contributed by atoms with Gasteiger partial charge in [0, 0.05) is 33.7 Å². The molecule has 6 rings (SSSR count). The Morgan fingerprint density at radius 3 is 2.52 bits per heavy atom. The fraction of sp³-hybridized carbons (Fsp3) is 0.0370. The molecule has 0 aliphatic heterocycles. The van der Waals surface area contributed by atoms with Crippen LogP contribution in [0.15, 0.2) is 89.9 Å². The molecule has 33 heavy (non-hydrogen) atoms. The molecule has 0 atom stereocenters. The Balaban J connectivity index is 1.69. The minimum atomic E-state index is -0.200. The molecule has 0 saturated carbocycles. The van der Waals surface area contributed by atoms with E-state index < -0.39 is 0 Å². The van der Waals surface area contributed by atoms with Crippen LogP contribution in [0.5, 0.6) is 0 Å². The van der Waals surface area contributed by atoms with Crippen LogP contribution >= 0.6 is 11.3 Å². The molecule has 0 fully saturated rings. The van der Waals surface area contributed by atoms with Gasteiger partial charge in [0.2, 0.25) is 5.56 Å². The van der Waals surface area contributed by atoms with Crippen LogP contribution in [0.4, 0.5) is 0 Å². The molecule has 0 radical (unpaired) electrons. The zero-order chi connectivity index (χ0) is 22.4. The average Bonchev–Trinajstić information content (AvgIpc) is 3.29. The maximum absolute atomic E-state index is 12.5. The summed E-state index contributed by atoms with van der Waals surface area (Å²) >= 11 is 1.66. The third-order valence-corrected chi connectivity index (χ3v) is 6.61. The number of aryl methyl sites for hydroxylation is 1. The smallest absolute Gasteiger partial charge is 0.250 e. The number of rotatable bonds is 3. The first-order chi connectivity index (χ1) is 16.2. The van der Waals surface area contributed by atoms with E-state index in [9.17, 15) is 4.79 Å². The van der Waals surface area contributed by atoms with Gasteiger partial charge in [-0.1, -0.05) is 42.5 Å². The molecule has 158 valence electrons. The van der Waals surface area contributed by atoms with Crippen LogP contribution < -0.4 is 5.56 Å². The SMILES string of the molecule is Cc1ccc(-c2nc3[nH]c(=O)cc(-c4ccccc4)c3nc2-c2ccc3ncccc3c2)s1. The molecule has 4 aromatic heterocycles. The molecule has 5 nitrogen and oxygen atoms in total. The lowest BCUT2D eigenvalue weighted by molar-refractivity contribution is 1.20. The fourth-order valence-electron chi connectivity index (χ4n) is 4.06. The molecular weight excluding hydrogens is 428 g/mol. The summed E-state index contributed by atoms with van der Waals surface area (Å²) in [6.45, 7) is 2.07. The summed E-state index contributed by atoms with van der Waals surface area (Å²) < 4.78 is 0. The van der Waals surface area contributed by atoms with Crippen LogP contribution in [0.3, 0.4) is 0 Å². The summed E-state index contributed by atoms with van der Waals surface area (Å²) in [5.41, 5.74) is 6.05. The van der Waals surface area contributed by atoms with Gasteiger partial charge < -0.3 is 4.98 Å². The van der Waals surface area contributed by atoms with Crippen LogP contribution in [-0.4, -0.2) is 19.9 Å². The van der Waals surface area contributed by atoms with Crippen LogP contribution in [-0.2, 0) is 0 Å². The second-order valence-electron chi connectivity index (χ2n) is 7.85. The average molecular weight is 447 g/mol. The van der Waals surface area contributed by atoms with Crippen molar-refractivity contribution in [1.29, 1.82) is 0 Å². The van der Waals surface area contributed by atoms with Crippen molar-refractivity contribution in [3.8, 4) is 33.0 Å². The minimum Gasteiger partial charge on any atom is -0.305 e. The monoisotopic (exact) mass is 446 g/mol. The van der Waals surface area contributed by atoms with Gasteiger partial charge in [-0.25, -0.2) is 9.97 Å². The van der Waals surface area contributed by atoms with Crippen molar-refractivity contribution in [2.45, 2.75) is 6.92 Å². The topological polar surface area (TPSA) is 71.5 Å². The number of benzene rings is 2. The number of aromatic amines is 1. The maximum Gasteiger partial charge on any atom is 0.250 e. The van der Waals surface area contributed by atoms with E-state index in [0.717, 1.165) is 43.9 Å². The molecule has 6 aromatic rings. The number of thiophene rings is 1. The van der Waals surface area contributed by atoms with E-state index in [0.29, 0.717) is 11.2 Å². The number of aromatic nitrogens is 4. The molecule has 1 N–H and O–H groups in total. The van der Waals surface area contributed by atoms with Gasteiger partial charge in [0.15, 0.2) is 5.65 Å². The van der Waals surface area contributed by atoms with Gasteiger partial charge in [0.05, 0.1) is 16.1 Å². The standard InChI is InChI=1S/C27H18N4OS/c1-16-9-12-22(33-16)26-24(19-10-11-21-18(14-19)8-5-13-28-21)30-25-20(17-6-3-2-4-7-17)15-23(32)29-27(25)31-26/h2-15H,1H3,(H,29,31,32). The van der Waals surface area contributed by atoms with Gasteiger partial charge in [0.25, 0.3) is 0 Å². The third-order valence-electron chi connectivity index (χ3n) is 5.60. The first kappa shape index (κ1) is 19.5. The third kappa shape index (κ3) is 3.50. The molecule has 0 unspecified atom stereocenters.